The number of unbranched alkanes of at least 4 members (excludes halogenated alkanes) is 2. The molecular formula is C8H18O2. The maximum absolute atomic E-state index is 5.15. The molecule has 10 heavy (non-hydrogen) atoms. The zero-order valence-electron chi connectivity index (χ0n) is 7.06. The Morgan fingerprint density at radius 1 is 1.00 bits per heavy atom. The first-order chi connectivity index (χ1) is 4.91. The second-order valence-electron chi connectivity index (χ2n) is 2.23. The van der Waals surface area contributed by atoms with Crippen LogP contribution in [-0.4, -0.2) is 20.0 Å². The largest absolute Gasteiger partial charge is 0.356 e. The Hall–Kier alpha value is -0.0800. The molecule has 0 N–H and O–H groups in total. The van der Waals surface area contributed by atoms with Gasteiger partial charge in [-0.15, -0.1) is 0 Å². The lowest BCUT2D eigenvalue weighted by atomic mass is 10.3. The quantitative estimate of drug-likeness (QED) is 0.405. The van der Waals surface area contributed by atoms with Gasteiger partial charge in [-0.1, -0.05) is 19.8 Å². The Balaban J connectivity index is 2.65. The highest BCUT2D eigenvalue weighted by molar-refractivity contribution is 4.33. The van der Waals surface area contributed by atoms with Crippen molar-refractivity contribution in [2.75, 3.05) is 20.0 Å². The van der Waals surface area contributed by atoms with E-state index in [-0.39, 0.29) is 0 Å². The maximum Gasteiger partial charge on any atom is 0.146 e. The van der Waals surface area contributed by atoms with Crippen LogP contribution in [0, 0.1) is 0 Å². The van der Waals surface area contributed by atoms with E-state index in [4.69, 9.17) is 9.47 Å². The molecule has 0 aliphatic heterocycles. The summed E-state index contributed by atoms with van der Waals surface area (Å²) in [7, 11) is 0. The van der Waals surface area contributed by atoms with Crippen LogP contribution in [-0.2, 0) is 9.47 Å². The molecule has 0 spiro atoms. The van der Waals surface area contributed by atoms with E-state index in [1.165, 1.54) is 12.8 Å². The minimum Gasteiger partial charge on any atom is -0.356 e. The predicted octanol–water partition coefficient (Wildman–Crippen LogP) is 2.19. The molecule has 0 saturated carbocycles. The van der Waals surface area contributed by atoms with Crippen LogP contribution in [0.4, 0.5) is 0 Å². The molecule has 0 saturated heterocycles. The van der Waals surface area contributed by atoms with Crippen molar-refractivity contribution in [3.8, 4) is 0 Å². The molecule has 0 radical (unpaired) electrons. The van der Waals surface area contributed by atoms with Crippen LogP contribution >= 0.6 is 0 Å². The molecule has 0 heterocycles. The lowest BCUT2D eigenvalue weighted by molar-refractivity contribution is -0.0501. The standard InChI is InChI=1S/C8H18O2/c1-3-5-6-7-10-8-9-4-2/h3-8H2,1-2H3. The summed E-state index contributed by atoms with van der Waals surface area (Å²) in [6.07, 6.45) is 3.66. The molecule has 0 atom stereocenters. The fourth-order valence-corrected chi connectivity index (χ4v) is 0.655. The Morgan fingerprint density at radius 3 is 2.40 bits per heavy atom. The molecular weight excluding hydrogens is 128 g/mol. The first-order valence-corrected chi connectivity index (χ1v) is 4.07. The lowest BCUT2D eigenvalue weighted by Crippen LogP contribution is -2.00. The maximum atomic E-state index is 5.15. The molecule has 0 aliphatic carbocycles. The lowest BCUT2D eigenvalue weighted by Gasteiger charge is -2.01. The fourth-order valence-electron chi connectivity index (χ4n) is 0.655. The first kappa shape index (κ1) is 9.92. The van der Waals surface area contributed by atoms with E-state index in [0.29, 0.717) is 6.79 Å². The van der Waals surface area contributed by atoms with Crippen LogP contribution in [0.3, 0.4) is 0 Å². The van der Waals surface area contributed by atoms with E-state index in [1.807, 2.05) is 6.92 Å². The van der Waals surface area contributed by atoms with Crippen molar-refractivity contribution in [2.24, 2.45) is 0 Å². The van der Waals surface area contributed by atoms with Crippen molar-refractivity contribution in [1.29, 1.82) is 0 Å². The van der Waals surface area contributed by atoms with E-state index < -0.39 is 0 Å². The van der Waals surface area contributed by atoms with Gasteiger partial charge in [0.15, 0.2) is 0 Å². The van der Waals surface area contributed by atoms with E-state index in [2.05, 4.69) is 6.92 Å². The van der Waals surface area contributed by atoms with Gasteiger partial charge in [0.2, 0.25) is 0 Å². The van der Waals surface area contributed by atoms with E-state index in [9.17, 15) is 0 Å². The molecule has 2 heteroatoms. The van der Waals surface area contributed by atoms with E-state index in [1.54, 1.807) is 0 Å². The summed E-state index contributed by atoms with van der Waals surface area (Å²) in [5.41, 5.74) is 0. The van der Waals surface area contributed by atoms with Gasteiger partial charge in [-0.3, -0.25) is 0 Å². The van der Waals surface area contributed by atoms with Crippen molar-refractivity contribution in [2.45, 2.75) is 33.1 Å². The van der Waals surface area contributed by atoms with Crippen LogP contribution < -0.4 is 0 Å². The minimum absolute atomic E-state index is 0.459. The van der Waals surface area contributed by atoms with Crippen molar-refractivity contribution in [3.63, 3.8) is 0 Å². The Labute approximate surface area is 63.5 Å². The van der Waals surface area contributed by atoms with E-state index >= 15 is 0 Å². The molecule has 0 aromatic heterocycles. The summed E-state index contributed by atoms with van der Waals surface area (Å²) < 4.78 is 10.1. The summed E-state index contributed by atoms with van der Waals surface area (Å²) in [6.45, 7) is 6.19. The number of ether oxygens (including phenoxy) is 2. The zero-order chi connectivity index (χ0) is 7.66. The van der Waals surface area contributed by atoms with Gasteiger partial charge >= 0.3 is 0 Å². The average molecular weight is 146 g/mol. The number of hydrogen-bond acceptors (Lipinski definition) is 2. The molecule has 0 bridgehead atoms. The van der Waals surface area contributed by atoms with Crippen LogP contribution in [0.2, 0.25) is 0 Å². The van der Waals surface area contributed by atoms with Crippen molar-refractivity contribution in [1.82, 2.24) is 0 Å². The monoisotopic (exact) mass is 146 g/mol. The topological polar surface area (TPSA) is 18.5 Å². The third-order valence-corrected chi connectivity index (χ3v) is 1.26. The molecule has 62 valence electrons. The molecule has 0 aliphatic rings. The zero-order valence-corrected chi connectivity index (χ0v) is 7.06. The normalized spacial score (nSPS) is 10.2. The van der Waals surface area contributed by atoms with E-state index in [0.717, 1.165) is 19.6 Å². The second kappa shape index (κ2) is 8.92. The second-order valence-corrected chi connectivity index (χ2v) is 2.23. The van der Waals surface area contributed by atoms with Gasteiger partial charge in [-0.25, -0.2) is 0 Å². The minimum atomic E-state index is 0.459. The molecule has 0 fully saturated rings. The predicted molar refractivity (Wildman–Crippen MR) is 42.0 cm³/mol. The Kier molecular flexibility index (Phi) is 8.85. The summed E-state index contributed by atoms with van der Waals surface area (Å²) in [5.74, 6) is 0. The molecule has 0 unspecified atom stereocenters. The third kappa shape index (κ3) is 7.92. The summed E-state index contributed by atoms with van der Waals surface area (Å²) in [4.78, 5) is 0. The molecule has 0 aromatic rings. The molecule has 0 amide bonds. The Morgan fingerprint density at radius 2 is 1.80 bits per heavy atom. The highest BCUT2D eigenvalue weighted by Gasteiger charge is 1.86. The molecule has 0 aromatic carbocycles. The van der Waals surface area contributed by atoms with Crippen LogP contribution in [0.25, 0.3) is 0 Å². The summed E-state index contributed by atoms with van der Waals surface area (Å²) >= 11 is 0. The van der Waals surface area contributed by atoms with Crippen molar-refractivity contribution in [3.05, 3.63) is 0 Å². The fraction of sp³-hybridized carbons (Fsp3) is 1.00. The van der Waals surface area contributed by atoms with Gasteiger partial charge in [-0.05, 0) is 13.3 Å². The molecule has 2 nitrogen and oxygen atoms in total. The number of rotatable bonds is 7. The van der Waals surface area contributed by atoms with Crippen LogP contribution in [0.5, 0.6) is 0 Å². The van der Waals surface area contributed by atoms with Gasteiger partial charge in [0.05, 0.1) is 0 Å². The van der Waals surface area contributed by atoms with Crippen molar-refractivity contribution < 1.29 is 9.47 Å². The highest BCUT2D eigenvalue weighted by atomic mass is 16.7. The van der Waals surface area contributed by atoms with Crippen LogP contribution in [0.15, 0.2) is 0 Å². The van der Waals surface area contributed by atoms with Gasteiger partial charge in [0.1, 0.15) is 6.79 Å². The average Bonchev–Trinajstić information content (AvgIpc) is 1.97. The number of hydrogen-bond donors (Lipinski definition) is 0. The van der Waals surface area contributed by atoms with Gasteiger partial charge < -0.3 is 9.47 Å². The summed E-state index contributed by atoms with van der Waals surface area (Å²) in [5, 5.41) is 0. The Bertz CT molecular complexity index is 47.2. The third-order valence-electron chi connectivity index (χ3n) is 1.26. The summed E-state index contributed by atoms with van der Waals surface area (Å²) in [6, 6.07) is 0. The van der Waals surface area contributed by atoms with Gasteiger partial charge in [0.25, 0.3) is 0 Å². The van der Waals surface area contributed by atoms with Gasteiger partial charge in [-0.2, -0.15) is 0 Å². The van der Waals surface area contributed by atoms with Gasteiger partial charge in [0, 0.05) is 13.2 Å². The first-order valence-electron chi connectivity index (χ1n) is 4.07. The molecule has 0 rings (SSSR count). The highest BCUT2D eigenvalue weighted by Crippen LogP contribution is 1.93. The smallest absolute Gasteiger partial charge is 0.146 e. The SMILES string of the molecule is CCCCCOCOCC. The van der Waals surface area contributed by atoms with Crippen molar-refractivity contribution >= 4 is 0 Å². The van der Waals surface area contributed by atoms with Crippen LogP contribution in [0.1, 0.15) is 33.1 Å².